The predicted molar refractivity (Wildman–Crippen MR) is 128 cm³/mol. The largest absolute Gasteiger partial charge is 0.338 e. The normalized spacial score (nSPS) is 16.8. The Morgan fingerprint density at radius 2 is 1.62 bits per heavy atom. The lowest BCUT2D eigenvalue weighted by molar-refractivity contribution is 0.358. The van der Waals surface area contributed by atoms with Crippen LogP contribution in [-0.4, -0.2) is 26.1 Å². The molecule has 32 heavy (non-hydrogen) atoms. The molecule has 1 fully saturated rings. The first kappa shape index (κ1) is 19.3. The molecule has 2 aromatic carbocycles. The first-order valence-electron chi connectivity index (χ1n) is 11.7. The van der Waals surface area contributed by atoms with Crippen molar-refractivity contribution in [1.29, 1.82) is 0 Å². The van der Waals surface area contributed by atoms with E-state index in [-0.39, 0.29) is 0 Å². The number of anilines is 3. The van der Waals surface area contributed by atoms with Crippen LogP contribution in [0.25, 0.3) is 11.2 Å². The molecule has 3 heterocycles. The van der Waals surface area contributed by atoms with Gasteiger partial charge in [0.25, 0.3) is 0 Å². The van der Waals surface area contributed by atoms with Gasteiger partial charge in [-0.05, 0) is 42.5 Å². The Bertz CT molecular complexity index is 1230. The van der Waals surface area contributed by atoms with E-state index in [2.05, 4.69) is 51.2 Å². The second-order valence-electron chi connectivity index (χ2n) is 8.92. The summed E-state index contributed by atoms with van der Waals surface area (Å²) >= 11 is 0. The summed E-state index contributed by atoms with van der Waals surface area (Å²) in [6, 6.07) is 19.4. The summed E-state index contributed by atoms with van der Waals surface area (Å²) in [4.78, 5) is 17.1. The molecule has 0 spiro atoms. The van der Waals surface area contributed by atoms with Gasteiger partial charge < -0.3 is 14.8 Å². The van der Waals surface area contributed by atoms with Crippen LogP contribution >= 0.6 is 0 Å². The van der Waals surface area contributed by atoms with Gasteiger partial charge in [0.15, 0.2) is 17.0 Å². The van der Waals surface area contributed by atoms with Crippen LogP contribution in [-0.2, 0) is 13.0 Å². The smallest absolute Gasteiger partial charge is 0.229 e. The van der Waals surface area contributed by atoms with Crippen LogP contribution in [0.2, 0.25) is 0 Å². The summed E-state index contributed by atoms with van der Waals surface area (Å²) in [5.41, 5.74) is 5.59. The first-order chi connectivity index (χ1) is 15.8. The fourth-order valence-electron chi connectivity index (χ4n) is 5.08. The van der Waals surface area contributed by atoms with E-state index in [1.807, 2.05) is 24.5 Å². The van der Waals surface area contributed by atoms with Gasteiger partial charge in [-0.15, -0.1) is 0 Å². The minimum Gasteiger partial charge on any atom is -0.338 e. The van der Waals surface area contributed by atoms with Gasteiger partial charge in [-0.25, -0.2) is 4.98 Å². The molecule has 0 saturated heterocycles. The van der Waals surface area contributed by atoms with Gasteiger partial charge in [-0.1, -0.05) is 61.7 Å². The van der Waals surface area contributed by atoms with Crippen molar-refractivity contribution in [2.75, 3.05) is 16.8 Å². The van der Waals surface area contributed by atoms with E-state index in [1.165, 1.54) is 43.2 Å². The van der Waals surface area contributed by atoms with Crippen molar-refractivity contribution in [1.82, 2.24) is 19.5 Å². The standard InChI is InChI=1S/C26H28N6/c1-3-11-21(12-4-1)28-24-23-25(32(18-27-23)22-13-5-2-6-14-22)30-26(29-24)31-16-15-19-9-7-8-10-20(19)17-31/h1,3-4,7-12,18,22H,2,5-6,13-17H2,(H,28,29,30). The zero-order valence-electron chi connectivity index (χ0n) is 18.2. The summed E-state index contributed by atoms with van der Waals surface area (Å²) in [5, 5.41) is 3.51. The number of para-hydroxylation sites is 1. The Morgan fingerprint density at radius 3 is 2.47 bits per heavy atom. The second-order valence-corrected chi connectivity index (χ2v) is 8.92. The molecule has 4 aromatic rings. The monoisotopic (exact) mass is 424 g/mol. The van der Waals surface area contributed by atoms with Crippen LogP contribution in [0, 0.1) is 0 Å². The van der Waals surface area contributed by atoms with Gasteiger partial charge in [0.1, 0.15) is 0 Å². The number of hydrogen-bond acceptors (Lipinski definition) is 5. The number of rotatable bonds is 4. The van der Waals surface area contributed by atoms with Crippen molar-refractivity contribution in [2.24, 2.45) is 0 Å². The summed E-state index contributed by atoms with van der Waals surface area (Å²) in [7, 11) is 0. The molecular formula is C26H28N6. The number of aromatic nitrogens is 4. The fourth-order valence-corrected chi connectivity index (χ4v) is 5.08. The first-order valence-corrected chi connectivity index (χ1v) is 11.7. The van der Waals surface area contributed by atoms with Crippen LogP contribution in [0.1, 0.15) is 49.3 Å². The zero-order valence-corrected chi connectivity index (χ0v) is 18.2. The molecule has 1 saturated carbocycles. The number of benzene rings is 2. The Hall–Kier alpha value is -3.41. The van der Waals surface area contributed by atoms with Gasteiger partial charge in [-0.2, -0.15) is 9.97 Å². The number of nitrogens with one attached hydrogen (secondary N) is 1. The second kappa shape index (κ2) is 8.26. The highest BCUT2D eigenvalue weighted by Gasteiger charge is 2.24. The Morgan fingerprint density at radius 1 is 0.844 bits per heavy atom. The van der Waals surface area contributed by atoms with Gasteiger partial charge in [0.05, 0.1) is 6.33 Å². The lowest BCUT2D eigenvalue weighted by Gasteiger charge is -2.29. The summed E-state index contributed by atoms with van der Waals surface area (Å²) < 4.78 is 2.30. The molecule has 0 unspecified atom stereocenters. The molecule has 6 nitrogen and oxygen atoms in total. The number of hydrogen-bond donors (Lipinski definition) is 1. The van der Waals surface area contributed by atoms with E-state index in [0.29, 0.717) is 6.04 Å². The molecule has 1 N–H and O–H groups in total. The van der Waals surface area contributed by atoms with Gasteiger partial charge >= 0.3 is 0 Å². The predicted octanol–water partition coefficient (Wildman–Crippen LogP) is 5.64. The van der Waals surface area contributed by atoms with Crippen molar-refractivity contribution in [3.05, 3.63) is 72.1 Å². The van der Waals surface area contributed by atoms with E-state index in [0.717, 1.165) is 48.1 Å². The zero-order chi connectivity index (χ0) is 21.3. The fraction of sp³-hybridized carbons (Fsp3) is 0.346. The third-order valence-corrected chi connectivity index (χ3v) is 6.83. The van der Waals surface area contributed by atoms with Crippen molar-refractivity contribution in [2.45, 2.75) is 51.1 Å². The van der Waals surface area contributed by atoms with Crippen LogP contribution in [0.15, 0.2) is 60.9 Å². The topological polar surface area (TPSA) is 58.9 Å². The van der Waals surface area contributed by atoms with E-state index in [4.69, 9.17) is 15.0 Å². The molecule has 6 heteroatoms. The highest BCUT2D eigenvalue weighted by atomic mass is 15.3. The quantitative estimate of drug-likeness (QED) is 0.460. The molecule has 0 bridgehead atoms. The van der Waals surface area contributed by atoms with Crippen LogP contribution in [0.3, 0.4) is 0 Å². The summed E-state index contributed by atoms with van der Waals surface area (Å²) in [5.74, 6) is 1.56. The maximum atomic E-state index is 5.08. The van der Waals surface area contributed by atoms with Crippen molar-refractivity contribution < 1.29 is 0 Å². The van der Waals surface area contributed by atoms with E-state index in [9.17, 15) is 0 Å². The average Bonchev–Trinajstić information content (AvgIpc) is 3.29. The molecule has 6 rings (SSSR count). The highest BCUT2D eigenvalue weighted by molar-refractivity contribution is 5.86. The molecule has 162 valence electrons. The Balaban J connectivity index is 1.43. The van der Waals surface area contributed by atoms with Gasteiger partial charge in [0, 0.05) is 24.8 Å². The van der Waals surface area contributed by atoms with E-state index in [1.54, 1.807) is 0 Å². The number of imidazole rings is 1. The van der Waals surface area contributed by atoms with Crippen molar-refractivity contribution >= 4 is 28.6 Å². The summed E-state index contributed by atoms with van der Waals surface area (Å²) in [6.45, 7) is 1.76. The van der Waals surface area contributed by atoms with E-state index < -0.39 is 0 Å². The lowest BCUT2D eigenvalue weighted by Crippen LogP contribution is -2.32. The third-order valence-electron chi connectivity index (χ3n) is 6.83. The molecule has 2 aliphatic rings. The maximum Gasteiger partial charge on any atom is 0.229 e. The van der Waals surface area contributed by atoms with Crippen LogP contribution < -0.4 is 10.2 Å². The molecule has 2 aromatic heterocycles. The minimum absolute atomic E-state index is 0.475. The lowest BCUT2D eigenvalue weighted by atomic mass is 9.95. The van der Waals surface area contributed by atoms with Crippen molar-refractivity contribution in [3.8, 4) is 0 Å². The molecule has 0 atom stereocenters. The summed E-state index contributed by atoms with van der Waals surface area (Å²) in [6.07, 6.45) is 9.27. The Labute approximate surface area is 188 Å². The van der Waals surface area contributed by atoms with Crippen molar-refractivity contribution in [3.63, 3.8) is 0 Å². The Kier molecular flexibility index (Phi) is 4.98. The molecule has 1 aliphatic heterocycles. The average molecular weight is 425 g/mol. The van der Waals surface area contributed by atoms with Gasteiger partial charge in [0.2, 0.25) is 5.95 Å². The number of nitrogens with zero attached hydrogens (tertiary/aromatic N) is 5. The SMILES string of the molecule is c1ccc(Nc2nc(N3CCc4ccccc4C3)nc3c2ncn3C2CCCCC2)cc1. The highest BCUT2D eigenvalue weighted by Crippen LogP contribution is 2.33. The third kappa shape index (κ3) is 3.60. The van der Waals surface area contributed by atoms with Crippen LogP contribution in [0.4, 0.5) is 17.5 Å². The van der Waals surface area contributed by atoms with Gasteiger partial charge in [-0.3, -0.25) is 0 Å². The van der Waals surface area contributed by atoms with Crippen LogP contribution in [0.5, 0.6) is 0 Å². The van der Waals surface area contributed by atoms with E-state index >= 15 is 0 Å². The number of fused-ring (bicyclic) bond motifs is 2. The molecular weight excluding hydrogens is 396 g/mol. The maximum absolute atomic E-state index is 5.08. The minimum atomic E-state index is 0.475. The molecule has 1 aliphatic carbocycles. The molecule has 0 radical (unpaired) electrons. The molecule has 0 amide bonds.